The maximum absolute atomic E-state index is 11.4. The van der Waals surface area contributed by atoms with E-state index in [0.717, 1.165) is 12.8 Å². The van der Waals surface area contributed by atoms with Gasteiger partial charge in [-0.05, 0) is 20.3 Å². The van der Waals surface area contributed by atoms with Crippen molar-refractivity contribution >= 4 is 11.8 Å². The van der Waals surface area contributed by atoms with E-state index in [-0.39, 0.29) is 17.4 Å². The highest BCUT2D eigenvalue weighted by molar-refractivity contribution is 5.93. The van der Waals surface area contributed by atoms with Gasteiger partial charge >= 0.3 is 0 Å². The van der Waals surface area contributed by atoms with Crippen molar-refractivity contribution < 1.29 is 9.59 Å². The molecule has 0 N–H and O–H groups in total. The molecule has 0 saturated carbocycles. The van der Waals surface area contributed by atoms with Gasteiger partial charge in [0.15, 0.2) is 0 Å². The number of unbranched alkanes of at least 4 members (excludes halogenated alkanes) is 3. The van der Waals surface area contributed by atoms with Crippen LogP contribution in [0.3, 0.4) is 0 Å². The molecule has 0 aromatic rings. The fourth-order valence-corrected chi connectivity index (χ4v) is 2.17. The van der Waals surface area contributed by atoms with Crippen LogP contribution in [0.1, 0.15) is 66.7 Å². The molecular formula is C13H25NO2. The van der Waals surface area contributed by atoms with Crippen molar-refractivity contribution in [2.24, 2.45) is 0 Å². The number of imide groups is 1. The molecule has 0 bridgehead atoms. The molecule has 0 spiro atoms. The summed E-state index contributed by atoms with van der Waals surface area (Å²) in [7, 11) is 0. The molecule has 0 atom stereocenters. The Hall–Kier alpha value is -0.860. The number of carbonyl (C=O) groups excluding carboxylic acids is 2. The summed E-state index contributed by atoms with van der Waals surface area (Å²) in [6.07, 6.45) is 5.54. The topological polar surface area (TPSA) is 37.4 Å². The molecular weight excluding hydrogens is 202 g/mol. The van der Waals surface area contributed by atoms with Crippen molar-refractivity contribution in [3.63, 3.8) is 0 Å². The predicted octanol–water partition coefficient (Wildman–Crippen LogP) is 3.13. The van der Waals surface area contributed by atoms with Crippen molar-refractivity contribution in [3.05, 3.63) is 0 Å². The lowest BCUT2D eigenvalue weighted by Crippen LogP contribution is -2.49. The van der Waals surface area contributed by atoms with Gasteiger partial charge in [-0.25, -0.2) is 0 Å². The lowest BCUT2D eigenvalue weighted by atomic mass is 9.94. The molecule has 94 valence electrons. The molecule has 3 heteroatoms. The van der Waals surface area contributed by atoms with Gasteiger partial charge in [0.25, 0.3) is 0 Å². The van der Waals surface area contributed by atoms with Crippen molar-refractivity contribution in [3.8, 4) is 0 Å². The average Bonchev–Trinajstić information content (AvgIpc) is 2.10. The van der Waals surface area contributed by atoms with Gasteiger partial charge < -0.3 is 0 Å². The zero-order valence-corrected chi connectivity index (χ0v) is 11.3. The monoisotopic (exact) mass is 227 g/mol. The highest BCUT2D eigenvalue weighted by atomic mass is 16.2. The number of amides is 2. The molecule has 0 aliphatic heterocycles. The first kappa shape index (κ1) is 15.1. The summed E-state index contributed by atoms with van der Waals surface area (Å²) in [5, 5.41) is 0. The Kier molecular flexibility index (Phi) is 6.31. The van der Waals surface area contributed by atoms with Crippen LogP contribution in [0.5, 0.6) is 0 Å². The third-order valence-corrected chi connectivity index (χ3v) is 2.88. The largest absolute Gasteiger partial charge is 0.277 e. The van der Waals surface area contributed by atoms with Gasteiger partial charge in [-0.2, -0.15) is 0 Å². The Morgan fingerprint density at radius 1 is 1.00 bits per heavy atom. The van der Waals surface area contributed by atoms with E-state index in [9.17, 15) is 9.59 Å². The van der Waals surface area contributed by atoms with Crippen LogP contribution in [0.15, 0.2) is 0 Å². The van der Waals surface area contributed by atoms with E-state index in [1.54, 1.807) is 0 Å². The number of nitrogens with zero attached hydrogens (tertiary/aromatic N) is 1. The third kappa shape index (κ3) is 4.77. The lowest BCUT2D eigenvalue weighted by Gasteiger charge is -2.35. The molecule has 16 heavy (non-hydrogen) atoms. The van der Waals surface area contributed by atoms with Crippen LogP contribution in [0.2, 0.25) is 0 Å². The van der Waals surface area contributed by atoms with E-state index in [4.69, 9.17) is 0 Å². The Morgan fingerprint density at radius 2 is 1.50 bits per heavy atom. The normalized spacial score (nSPS) is 11.3. The minimum absolute atomic E-state index is 0.159. The summed E-state index contributed by atoms with van der Waals surface area (Å²) in [4.78, 5) is 24.2. The average molecular weight is 227 g/mol. The molecule has 0 aromatic heterocycles. The summed E-state index contributed by atoms with van der Waals surface area (Å²) in [5.41, 5.74) is -0.356. The summed E-state index contributed by atoms with van der Waals surface area (Å²) >= 11 is 0. The zero-order chi connectivity index (χ0) is 12.8. The summed E-state index contributed by atoms with van der Waals surface area (Å²) in [6, 6.07) is 0. The van der Waals surface area contributed by atoms with Gasteiger partial charge in [-0.3, -0.25) is 14.5 Å². The predicted molar refractivity (Wildman–Crippen MR) is 66.0 cm³/mol. The first-order valence-electron chi connectivity index (χ1n) is 6.14. The molecule has 0 aliphatic rings. The van der Waals surface area contributed by atoms with Crippen LogP contribution in [0, 0.1) is 0 Å². The molecule has 3 nitrogen and oxygen atoms in total. The van der Waals surface area contributed by atoms with E-state index in [1.165, 1.54) is 38.0 Å². The van der Waals surface area contributed by atoms with Crippen LogP contribution in [0.25, 0.3) is 0 Å². The lowest BCUT2D eigenvalue weighted by molar-refractivity contribution is -0.148. The summed E-state index contributed by atoms with van der Waals surface area (Å²) < 4.78 is 0. The second-order valence-electron chi connectivity index (χ2n) is 5.00. The third-order valence-electron chi connectivity index (χ3n) is 2.88. The fourth-order valence-electron chi connectivity index (χ4n) is 2.17. The number of hydrogen-bond donors (Lipinski definition) is 0. The second-order valence-corrected chi connectivity index (χ2v) is 5.00. The smallest absolute Gasteiger partial charge is 0.226 e. The second kappa shape index (κ2) is 6.66. The van der Waals surface area contributed by atoms with Crippen molar-refractivity contribution in [1.82, 2.24) is 4.90 Å². The Morgan fingerprint density at radius 3 is 1.88 bits per heavy atom. The molecule has 0 radical (unpaired) electrons. The molecule has 0 aliphatic carbocycles. The number of carbonyl (C=O) groups is 2. The van der Waals surface area contributed by atoms with Gasteiger partial charge in [0.1, 0.15) is 0 Å². The van der Waals surface area contributed by atoms with Crippen molar-refractivity contribution in [2.45, 2.75) is 72.3 Å². The van der Waals surface area contributed by atoms with Crippen LogP contribution < -0.4 is 0 Å². The SMILES string of the molecule is CCCCCCC(C)(C)N(C(C)=O)C(C)=O. The van der Waals surface area contributed by atoms with E-state index in [2.05, 4.69) is 6.92 Å². The molecule has 0 saturated heterocycles. The minimum Gasteiger partial charge on any atom is -0.277 e. The quantitative estimate of drug-likeness (QED) is 0.654. The Labute approximate surface area is 99.2 Å². The standard InChI is InChI=1S/C13H25NO2/c1-6-7-8-9-10-13(4,5)14(11(2)15)12(3)16/h6-10H2,1-5H3. The maximum Gasteiger partial charge on any atom is 0.226 e. The highest BCUT2D eigenvalue weighted by Crippen LogP contribution is 2.22. The van der Waals surface area contributed by atoms with Gasteiger partial charge in [-0.1, -0.05) is 32.6 Å². The van der Waals surface area contributed by atoms with Gasteiger partial charge in [0.05, 0.1) is 0 Å². The van der Waals surface area contributed by atoms with Crippen LogP contribution in [0.4, 0.5) is 0 Å². The molecule has 0 aromatic carbocycles. The van der Waals surface area contributed by atoms with E-state index in [0.29, 0.717) is 0 Å². The van der Waals surface area contributed by atoms with Gasteiger partial charge in [0.2, 0.25) is 11.8 Å². The molecule has 0 fully saturated rings. The fraction of sp³-hybridized carbons (Fsp3) is 0.846. The van der Waals surface area contributed by atoms with Crippen molar-refractivity contribution in [2.75, 3.05) is 0 Å². The van der Waals surface area contributed by atoms with E-state index >= 15 is 0 Å². The number of rotatable bonds is 6. The molecule has 0 unspecified atom stereocenters. The van der Waals surface area contributed by atoms with Gasteiger partial charge in [0, 0.05) is 19.4 Å². The highest BCUT2D eigenvalue weighted by Gasteiger charge is 2.31. The minimum atomic E-state index is -0.356. The van der Waals surface area contributed by atoms with E-state index < -0.39 is 0 Å². The molecule has 0 rings (SSSR count). The molecule has 0 heterocycles. The van der Waals surface area contributed by atoms with Crippen LogP contribution in [-0.4, -0.2) is 22.3 Å². The first-order valence-corrected chi connectivity index (χ1v) is 6.14. The van der Waals surface area contributed by atoms with Crippen LogP contribution in [-0.2, 0) is 9.59 Å². The van der Waals surface area contributed by atoms with E-state index in [1.807, 2.05) is 13.8 Å². The molecule has 2 amide bonds. The number of hydrogen-bond acceptors (Lipinski definition) is 2. The van der Waals surface area contributed by atoms with Gasteiger partial charge in [-0.15, -0.1) is 0 Å². The maximum atomic E-state index is 11.4. The Balaban J connectivity index is 4.36. The van der Waals surface area contributed by atoms with Crippen LogP contribution >= 0.6 is 0 Å². The zero-order valence-electron chi connectivity index (χ0n) is 11.3. The van der Waals surface area contributed by atoms with Crippen molar-refractivity contribution in [1.29, 1.82) is 0 Å². The Bertz CT molecular complexity index is 232. The summed E-state index contributed by atoms with van der Waals surface area (Å²) in [5.74, 6) is -0.319. The first-order chi connectivity index (χ1) is 7.33. The summed E-state index contributed by atoms with van der Waals surface area (Å²) in [6.45, 7) is 9.00.